The van der Waals surface area contributed by atoms with Gasteiger partial charge in [0.25, 0.3) is 0 Å². The maximum atomic E-state index is 12.3. The van der Waals surface area contributed by atoms with E-state index >= 15 is 0 Å². The van der Waals surface area contributed by atoms with E-state index < -0.39 is 6.09 Å². The number of allylic oxidation sites excluding steroid dienone is 4. The lowest BCUT2D eigenvalue weighted by Gasteiger charge is -2.16. The zero-order chi connectivity index (χ0) is 19.1. The van der Waals surface area contributed by atoms with Crippen molar-refractivity contribution in [3.8, 4) is 0 Å². The fraction of sp³-hybridized carbons (Fsp3) is 0.190. The van der Waals surface area contributed by atoms with Gasteiger partial charge in [-0.05, 0) is 61.1 Å². The van der Waals surface area contributed by atoms with Crippen molar-refractivity contribution in [2.45, 2.75) is 26.9 Å². The molecule has 2 aromatic rings. The van der Waals surface area contributed by atoms with Crippen molar-refractivity contribution in [3.05, 3.63) is 82.2 Å². The molecule has 136 valence electrons. The Bertz CT molecular complexity index is 849. The van der Waals surface area contributed by atoms with Gasteiger partial charge in [0.15, 0.2) is 0 Å². The molecule has 5 heteroatoms. The smallest absolute Gasteiger partial charge is 0.412 e. The Morgan fingerprint density at radius 3 is 2.73 bits per heavy atom. The summed E-state index contributed by atoms with van der Waals surface area (Å²) in [6, 6.07) is 9.73. The number of anilines is 1. The van der Waals surface area contributed by atoms with Gasteiger partial charge in [0, 0.05) is 5.70 Å². The number of carbonyl (C=O) groups excluding carboxylic acids is 1. The highest BCUT2D eigenvalue weighted by Crippen LogP contribution is 2.30. The van der Waals surface area contributed by atoms with Crippen LogP contribution in [0.4, 0.5) is 10.5 Å². The Balaban J connectivity index is 2.08. The van der Waals surface area contributed by atoms with E-state index in [-0.39, 0.29) is 6.10 Å². The van der Waals surface area contributed by atoms with Crippen LogP contribution in [-0.2, 0) is 4.74 Å². The lowest BCUT2D eigenvalue weighted by atomic mass is 10.1. The molecule has 0 spiro atoms. The number of ether oxygens (including phenoxy) is 1. The largest absolute Gasteiger partial charge is 0.441 e. The summed E-state index contributed by atoms with van der Waals surface area (Å²) in [7, 11) is 0. The lowest BCUT2D eigenvalue weighted by molar-refractivity contribution is 0.121. The van der Waals surface area contributed by atoms with Gasteiger partial charge >= 0.3 is 6.09 Å². The molecule has 4 nitrogen and oxygen atoms in total. The molecule has 1 amide bonds. The van der Waals surface area contributed by atoms with Gasteiger partial charge < -0.3 is 10.5 Å². The molecule has 1 aromatic carbocycles. The van der Waals surface area contributed by atoms with E-state index in [0.29, 0.717) is 5.70 Å². The molecular weight excluding hydrogens is 344 g/mol. The van der Waals surface area contributed by atoms with Crippen molar-refractivity contribution in [3.63, 3.8) is 0 Å². The quantitative estimate of drug-likeness (QED) is 0.634. The Kier molecular flexibility index (Phi) is 6.81. The Morgan fingerprint density at radius 1 is 1.31 bits per heavy atom. The van der Waals surface area contributed by atoms with E-state index in [1.165, 1.54) is 0 Å². The van der Waals surface area contributed by atoms with Crippen LogP contribution in [0, 0.1) is 6.92 Å². The zero-order valence-electron chi connectivity index (χ0n) is 15.3. The van der Waals surface area contributed by atoms with Crippen molar-refractivity contribution in [2.75, 3.05) is 5.32 Å². The standard InChI is InChI=1S/C21H24N2O2S/c1-5-17(22)11-10-15(3)20-19(12-13-26-20)23-21(24)25-16(4)18-9-7-6-8-14(18)2/h5-13,16H,1,22H2,2-4H3,(H,23,24)/b15-10+,17-11+/t16-/m1/s1. The first-order valence-electron chi connectivity index (χ1n) is 8.30. The molecule has 0 saturated heterocycles. The molecule has 0 radical (unpaired) electrons. The number of rotatable bonds is 6. The highest BCUT2D eigenvalue weighted by Gasteiger charge is 2.15. The predicted molar refractivity (Wildman–Crippen MR) is 110 cm³/mol. The van der Waals surface area contributed by atoms with Crippen LogP contribution >= 0.6 is 11.3 Å². The number of nitrogens with two attached hydrogens (primary N) is 1. The molecule has 26 heavy (non-hydrogen) atoms. The summed E-state index contributed by atoms with van der Waals surface area (Å²) in [4.78, 5) is 13.3. The first kappa shape index (κ1) is 19.5. The number of benzene rings is 1. The van der Waals surface area contributed by atoms with Gasteiger partial charge in [-0.25, -0.2) is 4.79 Å². The molecule has 0 fully saturated rings. The van der Waals surface area contributed by atoms with Crippen molar-refractivity contribution in [2.24, 2.45) is 5.73 Å². The van der Waals surface area contributed by atoms with E-state index in [9.17, 15) is 4.79 Å². The summed E-state index contributed by atoms with van der Waals surface area (Å²) in [6.07, 6.45) is 4.46. The van der Waals surface area contributed by atoms with Crippen molar-refractivity contribution in [1.82, 2.24) is 0 Å². The normalized spacial score (nSPS) is 13.2. The molecule has 1 heterocycles. The fourth-order valence-corrected chi connectivity index (χ4v) is 3.32. The molecule has 0 unspecified atom stereocenters. The maximum Gasteiger partial charge on any atom is 0.412 e. The second-order valence-electron chi connectivity index (χ2n) is 5.91. The van der Waals surface area contributed by atoms with Crippen LogP contribution in [0.5, 0.6) is 0 Å². The average Bonchev–Trinajstić information content (AvgIpc) is 3.07. The monoisotopic (exact) mass is 368 g/mol. The van der Waals surface area contributed by atoms with Gasteiger partial charge in [-0.3, -0.25) is 5.32 Å². The van der Waals surface area contributed by atoms with Gasteiger partial charge in [0.2, 0.25) is 0 Å². The number of amides is 1. The number of thiophene rings is 1. The molecule has 0 saturated carbocycles. The molecule has 0 aliphatic carbocycles. The summed E-state index contributed by atoms with van der Waals surface area (Å²) >= 11 is 1.54. The van der Waals surface area contributed by atoms with Crippen LogP contribution in [0.1, 0.15) is 36.0 Å². The van der Waals surface area contributed by atoms with Crippen molar-refractivity contribution in [1.29, 1.82) is 0 Å². The zero-order valence-corrected chi connectivity index (χ0v) is 16.1. The number of aryl methyl sites for hydroxylation is 1. The average molecular weight is 369 g/mol. The molecule has 0 aliphatic heterocycles. The molecule has 1 aromatic heterocycles. The van der Waals surface area contributed by atoms with Crippen LogP contribution in [0.25, 0.3) is 5.57 Å². The van der Waals surface area contributed by atoms with Crippen LogP contribution in [0.15, 0.2) is 66.2 Å². The minimum atomic E-state index is -0.477. The topological polar surface area (TPSA) is 64.3 Å². The number of carbonyl (C=O) groups is 1. The molecule has 0 aliphatic rings. The second-order valence-corrected chi connectivity index (χ2v) is 6.83. The summed E-state index contributed by atoms with van der Waals surface area (Å²) in [5, 5.41) is 4.75. The van der Waals surface area contributed by atoms with Gasteiger partial charge in [0.05, 0.1) is 10.6 Å². The van der Waals surface area contributed by atoms with Crippen LogP contribution < -0.4 is 11.1 Å². The predicted octanol–water partition coefficient (Wildman–Crippen LogP) is 5.80. The highest BCUT2D eigenvalue weighted by atomic mass is 32.1. The Hall–Kier alpha value is -2.79. The third-order valence-electron chi connectivity index (χ3n) is 3.93. The third kappa shape index (κ3) is 5.10. The minimum absolute atomic E-state index is 0.328. The molecule has 0 bridgehead atoms. The Morgan fingerprint density at radius 2 is 2.04 bits per heavy atom. The van der Waals surface area contributed by atoms with Crippen LogP contribution in [0.2, 0.25) is 0 Å². The summed E-state index contributed by atoms with van der Waals surface area (Å²) < 4.78 is 5.53. The first-order valence-corrected chi connectivity index (χ1v) is 9.18. The third-order valence-corrected chi connectivity index (χ3v) is 4.98. The van der Waals surface area contributed by atoms with Crippen LogP contribution in [0.3, 0.4) is 0 Å². The van der Waals surface area contributed by atoms with Gasteiger partial charge in [-0.15, -0.1) is 11.3 Å². The molecule has 1 atom stereocenters. The van der Waals surface area contributed by atoms with Gasteiger partial charge in [-0.1, -0.05) is 36.9 Å². The van der Waals surface area contributed by atoms with E-state index in [2.05, 4.69) is 11.9 Å². The maximum absolute atomic E-state index is 12.3. The van der Waals surface area contributed by atoms with Gasteiger partial charge in [-0.2, -0.15) is 0 Å². The van der Waals surface area contributed by atoms with E-state index in [1.54, 1.807) is 23.5 Å². The second kappa shape index (κ2) is 9.06. The minimum Gasteiger partial charge on any atom is -0.441 e. The lowest BCUT2D eigenvalue weighted by Crippen LogP contribution is -2.16. The number of hydrogen-bond donors (Lipinski definition) is 2. The molecule has 2 rings (SSSR count). The van der Waals surface area contributed by atoms with Crippen molar-refractivity contribution < 1.29 is 9.53 Å². The SMILES string of the molecule is C=C/C(N)=C\C=C(/C)c1sccc1NC(=O)O[C@H](C)c1ccccc1C. The summed E-state index contributed by atoms with van der Waals surface area (Å²) in [5.41, 5.74) is 10.1. The fourth-order valence-electron chi connectivity index (χ4n) is 2.48. The molecule has 3 N–H and O–H groups in total. The Labute approximate surface area is 158 Å². The summed E-state index contributed by atoms with van der Waals surface area (Å²) in [5.74, 6) is 0. The van der Waals surface area contributed by atoms with E-state index in [0.717, 1.165) is 27.3 Å². The number of nitrogens with one attached hydrogen (secondary N) is 1. The van der Waals surface area contributed by atoms with Crippen molar-refractivity contribution >= 4 is 28.7 Å². The van der Waals surface area contributed by atoms with E-state index in [1.807, 2.05) is 62.6 Å². The van der Waals surface area contributed by atoms with E-state index in [4.69, 9.17) is 10.5 Å². The van der Waals surface area contributed by atoms with Crippen LogP contribution in [-0.4, -0.2) is 6.09 Å². The highest BCUT2D eigenvalue weighted by molar-refractivity contribution is 7.11. The van der Waals surface area contributed by atoms with Gasteiger partial charge in [0.1, 0.15) is 6.10 Å². The molecular formula is C21H24N2O2S. The first-order chi connectivity index (χ1) is 12.4. The number of hydrogen-bond acceptors (Lipinski definition) is 4. The summed E-state index contributed by atoms with van der Waals surface area (Å²) in [6.45, 7) is 9.45.